The highest BCUT2D eigenvalue weighted by Gasteiger charge is 2.35. The van der Waals surface area contributed by atoms with Gasteiger partial charge in [-0.15, -0.1) is 0 Å². The van der Waals surface area contributed by atoms with Gasteiger partial charge in [-0.25, -0.2) is 9.40 Å². The van der Waals surface area contributed by atoms with Gasteiger partial charge < -0.3 is 14.4 Å². The lowest BCUT2D eigenvalue weighted by Crippen LogP contribution is -2.40. The van der Waals surface area contributed by atoms with Crippen LogP contribution in [0.3, 0.4) is 0 Å². The van der Waals surface area contributed by atoms with Gasteiger partial charge in [0.15, 0.2) is 11.5 Å². The van der Waals surface area contributed by atoms with Crippen molar-refractivity contribution in [2.75, 3.05) is 27.8 Å². The van der Waals surface area contributed by atoms with Gasteiger partial charge in [-0.05, 0) is 23.8 Å². The van der Waals surface area contributed by atoms with Crippen molar-refractivity contribution >= 4 is 17.5 Å². The molecule has 1 atom stereocenters. The van der Waals surface area contributed by atoms with Crippen molar-refractivity contribution in [1.82, 2.24) is 9.91 Å². The number of carbonyl (C=O) groups excluding carboxylic acids is 2. The molecular formula is C24H28FN3O4. The number of carbonyl (C=O) groups is 2. The molecular weight excluding hydrogens is 413 g/mol. The maximum atomic E-state index is 14.4. The summed E-state index contributed by atoms with van der Waals surface area (Å²) < 4.78 is 25.2. The Kier molecular flexibility index (Phi) is 7.12. The Morgan fingerprint density at radius 2 is 1.84 bits per heavy atom. The van der Waals surface area contributed by atoms with Crippen LogP contribution < -0.4 is 9.47 Å². The smallest absolute Gasteiger partial charge is 0.262 e. The van der Waals surface area contributed by atoms with Crippen LogP contribution >= 0.6 is 0 Å². The Balaban J connectivity index is 1.97. The number of ether oxygens (including phenoxy) is 2. The Morgan fingerprint density at radius 3 is 2.47 bits per heavy atom. The van der Waals surface area contributed by atoms with E-state index in [0.29, 0.717) is 29.2 Å². The van der Waals surface area contributed by atoms with Gasteiger partial charge >= 0.3 is 0 Å². The van der Waals surface area contributed by atoms with Crippen LogP contribution in [-0.2, 0) is 9.59 Å². The van der Waals surface area contributed by atoms with Gasteiger partial charge in [-0.2, -0.15) is 5.10 Å². The van der Waals surface area contributed by atoms with Crippen molar-refractivity contribution in [2.45, 2.75) is 26.3 Å². The predicted octanol–water partition coefficient (Wildman–Crippen LogP) is 3.64. The van der Waals surface area contributed by atoms with Gasteiger partial charge in [0.05, 0.1) is 26.0 Å². The summed E-state index contributed by atoms with van der Waals surface area (Å²) in [7, 11) is 4.67. The molecule has 0 aromatic heterocycles. The summed E-state index contributed by atoms with van der Waals surface area (Å²) in [4.78, 5) is 26.8. The third-order valence-corrected chi connectivity index (χ3v) is 5.39. The van der Waals surface area contributed by atoms with Crippen molar-refractivity contribution < 1.29 is 23.5 Å². The molecule has 0 unspecified atom stereocenters. The molecule has 0 spiro atoms. The van der Waals surface area contributed by atoms with Crippen molar-refractivity contribution in [1.29, 1.82) is 0 Å². The fraction of sp³-hybridized carbons (Fsp3) is 0.375. The maximum absolute atomic E-state index is 14.4. The Morgan fingerprint density at radius 1 is 1.16 bits per heavy atom. The van der Waals surface area contributed by atoms with Crippen molar-refractivity contribution in [3.63, 3.8) is 0 Å². The number of halogens is 1. The Bertz CT molecular complexity index is 1040. The molecule has 2 amide bonds. The number of benzene rings is 2. The number of amides is 2. The van der Waals surface area contributed by atoms with Crippen molar-refractivity contribution in [2.24, 2.45) is 11.0 Å². The molecule has 0 aliphatic carbocycles. The zero-order valence-corrected chi connectivity index (χ0v) is 19.0. The lowest BCUT2D eigenvalue weighted by molar-refractivity contribution is -0.142. The molecule has 2 aromatic rings. The van der Waals surface area contributed by atoms with Gasteiger partial charge in [0.2, 0.25) is 5.91 Å². The maximum Gasteiger partial charge on any atom is 0.262 e. The molecule has 0 saturated carbocycles. The standard InChI is InChI=1S/C24H28FN3O4/c1-15(2)24(30)27(3)14-23(29)28-20(16-10-11-21(31-4)22(12-16)32-5)13-19(26-28)17-8-6-7-9-18(17)25/h6-12,15,20H,13-14H2,1-5H3/t20-/m0/s1. The molecule has 7 nitrogen and oxygen atoms in total. The molecule has 0 N–H and O–H groups in total. The summed E-state index contributed by atoms with van der Waals surface area (Å²) in [5.41, 5.74) is 1.58. The first-order valence-electron chi connectivity index (χ1n) is 10.4. The molecule has 170 valence electrons. The van der Waals surface area contributed by atoms with Crippen LogP contribution in [0.25, 0.3) is 0 Å². The predicted molar refractivity (Wildman–Crippen MR) is 119 cm³/mol. The minimum Gasteiger partial charge on any atom is -0.493 e. The van der Waals surface area contributed by atoms with Gasteiger partial charge in [-0.3, -0.25) is 9.59 Å². The van der Waals surface area contributed by atoms with E-state index in [1.54, 1.807) is 58.3 Å². The minimum atomic E-state index is -0.473. The Labute approximate surface area is 187 Å². The first kappa shape index (κ1) is 23.2. The summed E-state index contributed by atoms with van der Waals surface area (Å²) in [6, 6.07) is 11.2. The van der Waals surface area contributed by atoms with Crippen molar-refractivity contribution in [3.8, 4) is 11.5 Å². The average molecular weight is 442 g/mol. The van der Waals surface area contributed by atoms with Crippen LogP contribution in [0.5, 0.6) is 11.5 Å². The second-order valence-corrected chi connectivity index (χ2v) is 7.95. The number of rotatable bonds is 7. The molecule has 0 fully saturated rings. The highest BCUT2D eigenvalue weighted by Crippen LogP contribution is 2.37. The van der Waals surface area contributed by atoms with E-state index in [9.17, 15) is 14.0 Å². The van der Waals surface area contributed by atoms with Crippen LogP contribution in [-0.4, -0.2) is 55.2 Å². The molecule has 2 aromatic carbocycles. The zero-order chi connectivity index (χ0) is 23.4. The van der Waals surface area contributed by atoms with E-state index in [2.05, 4.69) is 5.10 Å². The second kappa shape index (κ2) is 9.80. The van der Waals surface area contributed by atoms with E-state index in [-0.39, 0.29) is 24.3 Å². The number of likely N-dealkylation sites (N-methyl/N-ethyl adjacent to an activating group) is 1. The first-order valence-corrected chi connectivity index (χ1v) is 10.4. The van der Waals surface area contributed by atoms with Gasteiger partial charge in [0.25, 0.3) is 5.91 Å². The minimum absolute atomic E-state index is 0.130. The average Bonchev–Trinajstić information content (AvgIpc) is 3.23. The van der Waals surface area contributed by atoms with Crippen LogP contribution in [0.4, 0.5) is 4.39 Å². The van der Waals surface area contributed by atoms with E-state index in [1.165, 1.54) is 23.1 Å². The lowest BCUT2D eigenvalue weighted by Gasteiger charge is -2.26. The van der Waals surface area contributed by atoms with Crippen LogP contribution in [0.1, 0.15) is 37.4 Å². The third kappa shape index (κ3) is 4.74. The van der Waals surface area contributed by atoms with E-state index < -0.39 is 11.9 Å². The summed E-state index contributed by atoms with van der Waals surface area (Å²) in [6.45, 7) is 3.43. The van der Waals surface area contributed by atoms with E-state index in [1.807, 2.05) is 6.07 Å². The van der Waals surface area contributed by atoms with E-state index in [0.717, 1.165) is 5.56 Å². The molecule has 1 aliphatic rings. The summed E-state index contributed by atoms with van der Waals surface area (Å²) in [5, 5.41) is 5.82. The molecule has 1 heterocycles. The summed E-state index contributed by atoms with van der Waals surface area (Å²) in [6.07, 6.45) is 0.323. The van der Waals surface area contributed by atoms with Gasteiger partial charge in [0, 0.05) is 24.9 Å². The largest absolute Gasteiger partial charge is 0.493 e. The van der Waals surface area contributed by atoms with E-state index >= 15 is 0 Å². The topological polar surface area (TPSA) is 71.4 Å². The molecule has 0 bridgehead atoms. The fourth-order valence-electron chi connectivity index (χ4n) is 3.71. The number of hydrogen-bond acceptors (Lipinski definition) is 5. The lowest BCUT2D eigenvalue weighted by atomic mass is 9.97. The normalized spacial score (nSPS) is 15.5. The number of nitrogens with zero attached hydrogens (tertiary/aromatic N) is 3. The molecule has 0 saturated heterocycles. The number of hydrogen-bond donors (Lipinski definition) is 0. The third-order valence-electron chi connectivity index (χ3n) is 5.39. The SMILES string of the molecule is COc1ccc([C@@H]2CC(c3ccccc3F)=NN2C(=O)CN(C)C(=O)C(C)C)cc1OC. The molecule has 3 rings (SSSR count). The highest BCUT2D eigenvalue weighted by molar-refractivity contribution is 6.03. The fourth-order valence-corrected chi connectivity index (χ4v) is 3.71. The van der Waals surface area contributed by atoms with Crippen molar-refractivity contribution in [3.05, 3.63) is 59.4 Å². The highest BCUT2D eigenvalue weighted by atomic mass is 19.1. The quantitative estimate of drug-likeness (QED) is 0.658. The monoisotopic (exact) mass is 441 g/mol. The molecule has 8 heteroatoms. The van der Waals surface area contributed by atoms with Crippen LogP contribution in [0.2, 0.25) is 0 Å². The molecule has 0 radical (unpaired) electrons. The molecule has 32 heavy (non-hydrogen) atoms. The second-order valence-electron chi connectivity index (χ2n) is 7.95. The summed E-state index contributed by atoms with van der Waals surface area (Å²) >= 11 is 0. The first-order chi connectivity index (χ1) is 15.3. The Hall–Kier alpha value is -3.42. The van der Waals surface area contributed by atoms with Gasteiger partial charge in [-0.1, -0.05) is 38.1 Å². The van der Waals surface area contributed by atoms with E-state index in [4.69, 9.17) is 9.47 Å². The van der Waals surface area contributed by atoms with Crippen LogP contribution in [0, 0.1) is 11.7 Å². The van der Waals surface area contributed by atoms with Gasteiger partial charge in [0.1, 0.15) is 12.4 Å². The molecule has 1 aliphatic heterocycles. The zero-order valence-electron chi connectivity index (χ0n) is 19.0. The van der Waals surface area contributed by atoms with Crippen LogP contribution in [0.15, 0.2) is 47.6 Å². The number of hydrazone groups is 1. The number of methoxy groups -OCH3 is 2. The summed E-state index contributed by atoms with van der Waals surface area (Å²) in [5.74, 6) is -0.0520.